The molecule has 0 saturated carbocycles. The summed E-state index contributed by atoms with van der Waals surface area (Å²) < 4.78 is 46.7. The van der Waals surface area contributed by atoms with E-state index in [9.17, 15) is 21.6 Å². The largest absolute Gasteiger partial charge is 0.236 e. The molecule has 0 N–H and O–H groups in total. The number of hydrogen-bond donors (Lipinski definition) is 0. The van der Waals surface area contributed by atoms with Gasteiger partial charge in [-0.3, -0.25) is 0 Å². The van der Waals surface area contributed by atoms with Gasteiger partial charge in [0.25, 0.3) is 0 Å². The summed E-state index contributed by atoms with van der Waals surface area (Å²) in [5, 5.41) is -0.953. The van der Waals surface area contributed by atoms with E-state index in [1.807, 2.05) is 0 Å². The summed E-state index contributed by atoms with van der Waals surface area (Å²) in [5.41, 5.74) is 0. The van der Waals surface area contributed by atoms with Gasteiger partial charge >= 0.3 is 0 Å². The van der Waals surface area contributed by atoms with E-state index in [-0.39, 0.29) is 6.54 Å². The minimum absolute atomic E-state index is 0.188. The SMILES string of the molecule is CS(=O)(=O)CS(=O)(=O)N1CCCCC1N=C=O. The van der Waals surface area contributed by atoms with Crippen molar-refractivity contribution in [2.75, 3.05) is 17.9 Å². The summed E-state index contributed by atoms with van der Waals surface area (Å²) in [5.74, 6) is 0. The summed E-state index contributed by atoms with van der Waals surface area (Å²) in [7, 11) is -7.58. The van der Waals surface area contributed by atoms with Crippen molar-refractivity contribution in [1.82, 2.24) is 4.31 Å². The molecule has 1 saturated heterocycles. The Balaban J connectivity index is 2.99. The first-order valence-electron chi connectivity index (χ1n) is 5.00. The number of isocyanates is 1. The highest BCUT2D eigenvalue weighted by Crippen LogP contribution is 2.21. The zero-order valence-electron chi connectivity index (χ0n) is 9.37. The van der Waals surface area contributed by atoms with Crippen LogP contribution in [0.15, 0.2) is 4.99 Å². The molecule has 0 aromatic carbocycles. The Labute approximate surface area is 100 Å². The Morgan fingerprint density at radius 2 is 1.94 bits per heavy atom. The van der Waals surface area contributed by atoms with Gasteiger partial charge < -0.3 is 0 Å². The van der Waals surface area contributed by atoms with E-state index < -0.39 is 31.1 Å². The third-order valence-electron chi connectivity index (χ3n) is 2.35. The monoisotopic (exact) mass is 282 g/mol. The predicted octanol–water partition coefficient (Wildman–Crippen LogP) is -0.534. The quantitative estimate of drug-likeness (QED) is 0.509. The number of nitrogens with zero attached hydrogens (tertiary/aromatic N) is 2. The van der Waals surface area contributed by atoms with Crippen LogP contribution in [0.2, 0.25) is 0 Å². The highest BCUT2D eigenvalue weighted by atomic mass is 32.3. The van der Waals surface area contributed by atoms with Gasteiger partial charge in [0.2, 0.25) is 16.1 Å². The molecular weight excluding hydrogens is 268 g/mol. The molecule has 98 valence electrons. The number of rotatable bonds is 4. The van der Waals surface area contributed by atoms with Gasteiger partial charge in [-0.15, -0.1) is 0 Å². The molecule has 1 heterocycles. The number of sulfonamides is 1. The van der Waals surface area contributed by atoms with E-state index in [0.717, 1.165) is 17.0 Å². The van der Waals surface area contributed by atoms with Crippen molar-refractivity contribution in [2.45, 2.75) is 25.4 Å². The molecule has 0 radical (unpaired) electrons. The van der Waals surface area contributed by atoms with Crippen LogP contribution in [0.3, 0.4) is 0 Å². The highest BCUT2D eigenvalue weighted by molar-refractivity contribution is 8.06. The molecule has 1 atom stereocenters. The van der Waals surface area contributed by atoms with E-state index in [2.05, 4.69) is 4.99 Å². The second-order valence-electron chi connectivity index (χ2n) is 3.96. The van der Waals surface area contributed by atoms with Gasteiger partial charge in [0, 0.05) is 12.8 Å². The fourth-order valence-corrected chi connectivity index (χ4v) is 5.38. The average molecular weight is 282 g/mol. The zero-order chi connectivity index (χ0) is 13.1. The fraction of sp³-hybridized carbons (Fsp3) is 0.875. The van der Waals surface area contributed by atoms with Gasteiger partial charge in [0.05, 0.1) is 0 Å². The maximum absolute atomic E-state index is 11.8. The molecule has 1 aliphatic heterocycles. The summed E-state index contributed by atoms with van der Waals surface area (Å²) in [6.45, 7) is 0.188. The molecule has 9 heteroatoms. The first-order valence-corrected chi connectivity index (χ1v) is 8.67. The molecule has 1 unspecified atom stereocenters. The molecule has 0 amide bonds. The van der Waals surface area contributed by atoms with E-state index in [0.29, 0.717) is 12.8 Å². The smallest absolute Gasteiger partial charge is 0.228 e. The lowest BCUT2D eigenvalue weighted by atomic mass is 10.1. The fourth-order valence-electron chi connectivity index (χ4n) is 1.74. The number of hydrogen-bond acceptors (Lipinski definition) is 6. The van der Waals surface area contributed by atoms with E-state index >= 15 is 0 Å². The molecule has 7 nitrogen and oxygen atoms in total. The summed E-state index contributed by atoms with van der Waals surface area (Å²) in [4.78, 5) is 13.6. The third-order valence-corrected chi connectivity index (χ3v) is 6.39. The van der Waals surface area contributed by atoms with E-state index in [1.165, 1.54) is 6.08 Å². The Morgan fingerprint density at radius 3 is 2.47 bits per heavy atom. The van der Waals surface area contributed by atoms with Crippen LogP contribution < -0.4 is 0 Å². The van der Waals surface area contributed by atoms with Crippen LogP contribution in [0.4, 0.5) is 0 Å². The number of aliphatic imine (C=N–C) groups is 1. The van der Waals surface area contributed by atoms with Crippen molar-refractivity contribution in [3.63, 3.8) is 0 Å². The van der Waals surface area contributed by atoms with E-state index in [4.69, 9.17) is 0 Å². The molecule has 1 rings (SSSR count). The number of piperidine rings is 1. The van der Waals surface area contributed by atoms with Crippen molar-refractivity contribution >= 4 is 25.9 Å². The lowest BCUT2D eigenvalue weighted by molar-refractivity contribution is 0.260. The Hall–Kier alpha value is -0.760. The Bertz CT molecular complexity index is 518. The third kappa shape index (κ3) is 4.19. The minimum atomic E-state index is -3.94. The van der Waals surface area contributed by atoms with Gasteiger partial charge in [0.1, 0.15) is 6.17 Å². The zero-order valence-corrected chi connectivity index (χ0v) is 11.0. The van der Waals surface area contributed by atoms with Crippen molar-refractivity contribution in [3.05, 3.63) is 0 Å². The summed E-state index contributed by atoms with van der Waals surface area (Å²) in [6, 6.07) is 0. The second kappa shape index (κ2) is 5.26. The number of sulfone groups is 1. The van der Waals surface area contributed by atoms with Crippen LogP contribution in [0, 0.1) is 0 Å². The van der Waals surface area contributed by atoms with Crippen LogP contribution in [0.1, 0.15) is 19.3 Å². The number of carbonyl (C=O) groups excluding carboxylic acids is 1. The highest BCUT2D eigenvalue weighted by Gasteiger charge is 2.34. The van der Waals surface area contributed by atoms with Gasteiger partial charge in [-0.2, -0.15) is 9.30 Å². The topological polar surface area (TPSA) is 101 Å². The van der Waals surface area contributed by atoms with Gasteiger partial charge in [-0.05, 0) is 19.3 Å². The van der Waals surface area contributed by atoms with Crippen molar-refractivity contribution in [1.29, 1.82) is 0 Å². The first kappa shape index (κ1) is 14.3. The maximum Gasteiger partial charge on any atom is 0.236 e. The van der Waals surface area contributed by atoms with Crippen LogP contribution in [0.5, 0.6) is 0 Å². The lowest BCUT2D eigenvalue weighted by Gasteiger charge is -2.30. The average Bonchev–Trinajstić information content (AvgIpc) is 2.15. The lowest BCUT2D eigenvalue weighted by Crippen LogP contribution is -2.44. The molecule has 0 aromatic heterocycles. The second-order valence-corrected chi connectivity index (χ2v) is 8.39. The van der Waals surface area contributed by atoms with Gasteiger partial charge in [-0.1, -0.05) is 0 Å². The normalized spacial score (nSPS) is 23.0. The summed E-state index contributed by atoms with van der Waals surface area (Å²) >= 11 is 0. The predicted molar refractivity (Wildman–Crippen MR) is 61.1 cm³/mol. The van der Waals surface area contributed by atoms with Gasteiger partial charge in [-0.25, -0.2) is 21.6 Å². The van der Waals surface area contributed by atoms with Crippen LogP contribution in [-0.2, 0) is 24.7 Å². The van der Waals surface area contributed by atoms with Gasteiger partial charge in [0.15, 0.2) is 14.9 Å². The molecule has 0 aromatic rings. The molecule has 1 fully saturated rings. The van der Waals surface area contributed by atoms with Crippen LogP contribution in [0.25, 0.3) is 0 Å². The Kier molecular flexibility index (Phi) is 4.42. The van der Waals surface area contributed by atoms with Crippen molar-refractivity contribution in [2.24, 2.45) is 4.99 Å². The molecule has 0 aliphatic carbocycles. The maximum atomic E-state index is 11.8. The van der Waals surface area contributed by atoms with Crippen molar-refractivity contribution in [3.8, 4) is 0 Å². The molecule has 0 spiro atoms. The first-order chi connectivity index (χ1) is 7.76. The Morgan fingerprint density at radius 1 is 1.29 bits per heavy atom. The molecule has 0 bridgehead atoms. The standard InChI is InChI=1S/C8H14N2O5S2/c1-16(12,13)7-17(14,15)10-5-3-2-4-8(10)9-6-11/h8H,2-5,7H2,1H3. The van der Waals surface area contributed by atoms with Crippen LogP contribution >= 0.6 is 0 Å². The van der Waals surface area contributed by atoms with Crippen LogP contribution in [-0.4, -0.2) is 51.3 Å². The molecular formula is C8H14N2O5S2. The van der Waals surface area contributed by atoms with Crippen molar-refractivity contribution < 1.29 is 21.6 Å². The van der Waals surface area contributed by atoms with E-state index in [1.54, 1.807) is 0 Å². The molecule has 17 heavy (non-hydrogen) atoms. The molecule has 1 aliphatic rings. The minimum Gasteiger partial charge on any atom is -0.228 e. The summed E-state index contributed by atoms with van der Waals surface area (Å²) in [6.07, 6.45) is 3.16.